The second kappa shape index (κ2) is 7.14. The van der Waals surface area contributed by atoms with E-state index in [1.165, 1.54) is 6.26 Å². The summed E-state index contributed by atoms with van der Waals surface area (Å²) in [7, 11) is -7.51. The van der Waals surface area contributed by atoms with Crippen molar-refractivity contribution in [3.05, 3.63) is 64.5 Å². The first-order chi connectivity index (χ1) is 13.3. The highest BCUT2D eigenvalue weighted by Crippen LogP contribution is 2.33. The summed E-state index contributed by atoms with van der Waals surface area (Å²) >= 11 is 0. The maximum absolute atomic E-state index is 13.5. The van der Waals surface area contributed by atoms with Crippen molar-refractivity contribution in [1.29, 1.82) is 0 Å². The molecule has 150 valence electrons. The van der Waals surface area contributed by atoms with Crippen LogP contribution in [0.5, 0.6) is 0 Å². The Hall–Kier alpha value is -1.94. The van der Waals surface area contributed by atoms with E-state index in [1.54, 1.807) is 18.2 Å². The molecule has 1 aliphatic carbocycles. The predicted molar refractivity (Wildman–Crippen MR) is 104 cm³/mol. The average Bonchev–Trinajstić information content (AvgIpc) is 3.25. The quantitative estimate of drug-likeness (QED) is 0.783. The highest BCUT2D eigenvalue weighted by Gasteiger charge is 2.45. The van der Waals surface area contributed by atoms with Crippen molar-refractivity contribution in [2.24, 2.45) is 0 Å². The molecule has 1 N–H and O–H groups in total. The number of aliphatic hydroxyl groups excluding tert-OH is 1. The summed E-state index contributed by atoms with van der Waals surface area (Å²) in [5.74, 6) is -0.460. The Kier molecular flexibility index (Phi) is 4.95. The van der Waals surface area contributed by atoms with E-state index in [2.05, 4.69) is 0 Å². The third-order valence-electron chi connectivity index (χ3n) is 5.21. The van der Waals surface area contributed by atoms with Gasteiger partial charge in [-0.1, -0.05) is 24.3 Å². The molecule has 7 nitrogen and oxygen atoms in total. The van der Waals surface area contributed by atoms with Crippen molar-refractivity contribution in [2.45, 2.75) is 31.5 Å². The van der Waals surface area contributed by atoms with E-state index in [4.69, 9.17) is 4.42 Å². The Balaban J connectivity index is 1.74. The average molecular weight is 424 g/mol. The van der Waals surface area contributed by atoms with Gasteiger partial charge in [0.05, 0.1) is 41.4 Å². The molecule has 1 aromatic carbocycles. The van der Waals surface area contributed by atoms with Crippen LogP contribution in [-0.2, 0) is 32.8 Å². The van der Waals surface area contributed by atoms with Gasteiger partial charge in [-0.2, -0.15) is 4.31 Å². The number of nitrogens with zero attached hydrogens (tertiary/aromatic N) is 1. The van der Waals surface area contributed by atoms with Crippen molar-refractivity contribution in [1.82, 2.24) is 4.31 Å². The number of rotatable bonds is 5. The number of fused-ring (bicyclic) bond motifs is 1. The predicted octanol–water partition coefficient (Wildman–Crippen LogP) is 1.56. The van der Waals surface area contributed by atoms with Crippen LogP contribution in [0.2, 0.25) is 0 Å². The van der Waals surface area contributed by atoms with Gasteiger partial charge in [0.2, 0.25) is 10.0 Å². The Labute approximate surface area is 164 Å². The number of hydrogen-bond acceptors (Lipinski definition) is 6. The van der Waals surface area contributed by atoms with Gasteiger partial charge in [0.1, 0.15) is 5.76 Å². The Bertz CT molecular complexity index is 1100. The van der Waals surface area contributed by atoms with Gasteiger partial charge in [-0.25, -0.2) is 16.8 Å². The number of benzene rings is 1. The molecule has 0 spiro atoms. The van der Waals surface area contributed by atoms with Gasteiger partial charge < -0.3 is 9.52 Å². The van der Waals surface area contributed by atoms with Crippen LogP contribution in [0.4, 0.5) is 0 Å². The van der Waals surface area contributed by atoms with Crippen molar-refractivity contribution in [3.63, 3.8) is 0 Å². The number of furan rings is 1. The van der Waals surface area contributed by atoms with E-state index in [9.17, 15) is 21.9 Å². The molecule has 0 radical (unpaired) electrons. The third kappa shape index (κ3) is 3.67. The highest BCUT2D eigenvalue weighted by atomic mass is 32.2. The molecule has 1 saturated heterocycles. The van der Waals surface area contributed by atoms with Crippen LogP contribution in [0.15, 0.2) is 52.0 Å². The first kappa shape index (κ1) is 19.4. The smallest absolute Gasteiger partial charge is 0.240 e. The molecule has 2 aromatic rings. The van der Waals surface area contributed by atoms with Crippen LogP contribution in [-0.4, -0.2) is 49.9 Å². The molecule has 1 aliphatic heterocycles. The lowest BCUT2D eigenvalue weighted by Crippen LogP contribution is -2.46. The summed E-state index contributed by atoms with van der Waals surface area (Å²) in [4.78, 5) is 0.217. The normalized spacial score (nSPS) is 24.1. The molecule has 2 aliphatic rings. The molecular weight excluding hydrogens is 402 g/mol. The summed E-state index contributed by atoms with van der Waals surface area (Å²) in [6.07, 6.45) is 2.70. The summed E-state index contributed by atoms with van der Waals surface area (Å²) in [6, 6.07) is 9.80. The molecule has 4 rings (SSSR count). The fourth-order valence-corrected chi connectivity index (χ4v) is 7.48. The van der Waals surface area contributed by atoms with Crippen LogP contribution in [0.1, 0.15) is 23.3 Å². The molecular formula is C19H21NO6S2. The maximum atomic E-state index is 13.5. The summed E-state index contributed by atoms with van der Waals surface area (Å²) < 4.78 is 57.3. The molecule has 2 heterocycles. The topological polar surface area (TPSA) is 105 Å². The van der Waals surface area contributed by atoms with Crippen molar-refractivity contribution < 1.29 is 26.4 Å². The SMILES string of the molecule is O=S1(=O)C[C@@H](N(Cc2ccco2)S(=O)(=O)C2=Cc3ccccc3CC2)[C@@H](O)C1. The number of sulfone groups is 1. The Morgan fingerprint density at radius 1 is 1.11 bits per heavy atom. The minimum Gasteiger partial charge on any atom is -0.468 e. The van der Waals surface area contributed by atoms with Crippen LogP contribution in [0.3, 0.4) is 0 Å². The van der Waals surface area contributed by atoms with E-state index in [0.29, 0.717) is 18.6 Å². The molecule has 0 saturated carbocycles. The highest BCUT2D eigenvalue weighted by molar-refractivity contribution is 7.93. The lowest BCUT2D eigenvalue weighted by atomic mass is 9.98. The van der Waals surface area contributed by atoms with Gasteiger partial charge in [-0.05, 0) is 42.2 Å². The number of aryl methyl sites for hydroxylation is 1. The number of hydrogen-bond donors (Lipinski definition) is 1. The fourth-order valence-electron chi connectivity index (χ4n) is 3.78. The Morgan fingerprint density at radius 3 is 2.57 bits per heavy atom. The largest absolute Gasteiger partial charge is 0.468 e. The van der Waals surface area contributed by atoms with Crippen LogP contribution in [0, 0.1) is 0 Å². The number of allylic oxidation sites excluding steroid dienone is 1. The molecule has 0 bridgehead atoms. The second-order valence-electron chi connectivity index (χ2n) is 7.15. The van der Waals surface area contributed by atoms with E-state index in [1.807, 2.05) is 24.3 Å². The van der Waals surface area contributed by atoms with Gasteiger partial charge in [-0.3, -0.25) is 0 Å². The number of sulfonamides is 1. The summed E-state index contributed by atoms with van der Waals surface area (Å²) in [5.41, 5.74) is 1.91. The minimum atomic E-state index is -4.00. The zero-order chi connectivity index (χ0) is 19.9. The van der Waals surface area contributed by atoms with E-state index < -0.39 is 43.5 Å². The Morgan fingerprint density at radius 2 is 1.89 bits per heavy atom. The molecule has 0 unspecified atom stereocenters. The van der Waals surface area contributed by atoms with Gasteiger partial charge >= 0.3 is 0 Å². The van der Waals surface area contributed by atoms with Crippen molar-refractivity contribution in [3.8, 4) is 0 Å². The maximum Gasteiger partial charge on any atom is 0.240 e. The zero-order valence-corrected chi connectivity index (χ0v) is 16.7. The molecule has 0 amide bonds. The van der Waals surface area contributed by atoms with E-state index in [0.717, 1.165) is 15.4 Å². The van der Waals surface area contributed by atoms with Gasteiger partial charge in [0.25, 0.3) is 0 Å². The van der Waals surface area contributed by atoms with E-state index in [-0.39, 0.29) is 11.4 Å². The van der Waals surface area contributed by atoms with Crippen LogP contribution in [0.25, 0.3) is 6.08 Å². The molecule has 9 heteroatoms. The first-order valence-corrected chi connectivity index (χ1v) is 12.2. The van der Waals surface area contributed by atoms with Gasteiger partial charge in [-0.15, -0.1) is 0 Å². The lowest BCUT2D eigenvalue weighted by molar-refractivity contribution is 0.122. The molecule has 28 heavy (non-hydrogen) atoms. The van der Waals surface area contributed by atoms with Crippen LogP contribution < -0.4 is 0 Å². The van der Waals surface area contributed by atoms with E-state index >= 15 is 0 Å². The lowest BCUT2D eigenvalue weighted by Gasteiger charge is -2.30. The minimum absolute atomic E-state index is 0.133. The van der Waals surface area contributed by atoms with Gasteiger partial charge in [0.15, 0.2) is 9.84 Å². The third-order valence-corrected chi connectivity index (χ3v) is 8.91. The van der Waals surface area contributed by atoms with Crippen molar-refractivity contribution in [2.75, 3.05) is 11.5 Å². The molecule has 1 fully saturated rings. The van der Waals surface area contributed by atoms with Gasteiger partial charge in [0, 0.05) is 0 Å². The van der Waals surface area contributed by atoms with Crippen LogP contribution >= 0.6 is 0 Å². The second-order valence-corrected chi connectivity index (χ2v) is 11.2. The monoisotopic (exact) mass is 423 g/mol. The summed E-state index contributed by atoms with van der Waals surface area (Å²) in [6.45, 7) is -0.133. The molecule has 2 atom stereocenters. The zero-order valence-electron chi connectivity index (χ0n) is 15.1. The number of aliphatic hydroxyl groups is 1. The molecule has 1 aromatic heterocycles. The fraction of sp³-hybridized carbons (Fsp3) is 0.368. The van der Waals surface area contributed by atoms with Crippen molar-refractivity contribution >= 4 is 25.9 Å². The first-order valence-electron chi connectivity index (χ1n) is 8.97. The standard InChI is InChI=1S/C19H21NO6S2/c21-19-13-27(22,23)12-18(19)20(11-16-6-3-9-26-16)28(24,25)17-8-7-14-4-1-2-5-15(14)10-17/h1-6,9-10,18-19,21H,7-8,11-13H2/t18-,19+/m1/s1. The summed E-state index contributed by atoms with van der Waals surface area (Å²) in [5, 5.41) is 10.3.